The van der Waals surface area contributed by atoms with E-state index in [1.165, 1.54) is 4.88 Å². The first-order chi connectivity index (χ1) is 9.25. The Balaban J connectivity index is 1.78. The number of rotatable bonds is 4. The average Bonchev–Trinajstić information content (AvgIpc) is 3.04. The summed E-state index contributed by atoms with van der Waals surface area (Å²) < 4.78 is 0. The first-order valence-corrected chi connectivity index (χ1v) is 7.23. The molecular weight excluding hydrogens is 258 g/mol. The van der Waals surface area contributed by atoms with Crippen molar-refractivity contribution in [2.24, 2.45) is 0 Å². The lowest BCUT2D eigenvalue weighted by molar-refractivity contribution is -0.138. The lowest BCUT2D eigenvalue weighted by atomic mass is 10.0. The maximum Gasteiger partial charge on any atom is 0.312 e. The minimum atomic E-state index is -0.730. The Kier molecular flexibility index (Phi) is 3.25. The van der Waals surface area contributed by atoms with Gasteiger partial charge in [0.2, 0.25) is 0 Å². The Morgan fingerprint density at radius 1 is 1.32 bits per heavy atom. The van der Waals surface area contributed by atoms with Crippen LogP contribution < -0.4 is 4.90 Å². The van der Waals surface area contributed by atoms with Crippen LogP contribution in [0, 0.1) is 0 Å². The maximum absolute atomic E-state index is 11.3. The lowest BCUT2D eigenvalue weighted by Gasteiger charge is -2.19. The van der Waals surface area contributed by atoms with Gasteiger partial charge in [-0.25, -0.2) is 0 Å². The quantitative estimate of drug-likeness (QED) is 0.931. The van der Waals surface area contributed by atoms with E-state index in [-0.39, 0.29) is 5.92 Å². The molecule has 0 bridgehead atoms. The summed E-state index contributed by atoms with van der Waals surface area (Å²) in [5, 5.41) is 11.4. The van der Waals surface area contributed by atoms with Crippen molar-refractivity contribution >= 4 is 23.0 Å². The van der Waals surface area contributed by atoms with E-state index in [1.807, 2.05) is 24.3 Å². The first-order valence-electron chi connectivity index (χ1n) is 6.35. The van der Waals surface area contributed by atoms with Crippen LogP contribution in [0.5, 0.6) is 0 Å². The van der Waals surface area contributed by atoms with E-state index in [1.54, 1.807) is 11.3 Å². The molecule has 1 atom stereocenters. The van der Waals surface area contributed by atoms with Crippen LogP contribution in [0.2, 0.25) is 0 Å². The monoisotopic (exact) mass is 273 g/mol. The zero-order chi connectivity index (χ0) is 13.2. The number of hydrogen-bond donors (Lipinski definition) is 1. The van der Waals surface area contributed by atoms with Crippen molar-refractivity contribution in [2.75, 3.05) is 18.0 Å². The van der Waals surface area contributed by atoms with Gasteiger partial charge in [-0.2, -0.15) is 0 Å². The molecule has 0 saturated carbocycles. The Morgan fingerprint density at radius 2 is 2.16 bits per heavy atom. The fourth-order valence-electron chi connectivity index (χ4n) is 2.61. The van der Waals surface area contributed by atoms with Crippen molar-refractivity contribution in [2.45, 2.75) is 12.3 Å². The van der Waals surface area contributed by atoms with Crippen LogP contribution in [0.3, 0.4) is 0 Å². The predicted octanol–water partition coefficient (Wildman–Crippen LogP) is 2.98. The molecule has 1 unspecified atom stereocenters. The summed E-state index contributed by atoms with van der Waals surface area (Å²) in [5.74, 6) is -1.12. The Morgan fingerprint density at radius 3 is 2.89 bits per heavy atom. The highest BCUT2D eigenvalue weighted by Gasteiger charge is 2.32. The number of carbonyl (C=O) groups is 1. The van der Waals surface area contributed by atoms with Gasteiger partial charge >= 0.3 is 5.97 Å². The van der Waals surface area contributed by atoms with Crippen molar-refractivity contribution in [1.82, 2.24) is 0 Å². The Bertz CT molecular complexity index is 580. The van der Waals surface area contributed by atoms with Gasteiger partial charge in [0.1, 0.15) is 5.92 Å². The molecule has 0 aliphatic carbocycles. The molecule has 1 N–H and O–H groups in total. The maximum atomic E-state index is 11.3. The summed E-state index contributed by atoms with van der Waals surface area (Å²) in [6.07, 6.45) is 0.971. The molecule has 3 nitrogen and oxygen atoms in total. The number of carboxylic acid groups (broad SMARTS) is 1. The number of carboxylic acids is 1. The molecule has 1 aromatic heterocycles. The molecule has 2 heterocycles. The van der Waals surface area contributed by atoms with E-state index >= 15 is 0 Å². The molecule has 0 amide bonds. The summed E-state index contributed by atoms with van der Waals surface area (Å²) in [6, 6.07) is 12.0. The number of benzene rings is 1. The third kappa shape index (κ3) is 2.36. The highest BCUT2D eigenvalue weighted by molar-refractivity contribution is 7.09. The summed E-state index contributed by atoms with van der Waals surface area (Å²) >= 11 is 1.75. The minimum Gasteiger partial charge on any atom is -0.481 e. The van der Waals surface area contributed by atoms with Crippen molar-refractivity contribution in [3.8, 4) is 0 Å². The molecule has 1 aliphatic heterocycles. The van der Waals surface area contributed by atoms with E-state index < -0.39 is 5.97 Å². The third-order valence-corrected chi connectivity index (χ3v) is 4.50. The van der Waals surface area contributed by atoms with Crippen LogP contribution in [0.4, 0.5) is 5.69 Å². The molecule has 0 fully saturated rings. The number of aliphatic carboxylic acids is 1. The smallest absolute Gasteiger partial charge is 0.312 e. The highest BCUT2D eigenvalue weighted by Crippen LogP contribution is 2.36. The molecule has 1 aliphatic rings. The minimum absolute atomic E-state index is 0.389. The number of nitrogens with zero attached hydrogens (tertiary/aromatic N) is 1. The van der Waals surface area contributed by atoms with E-state index in [2.05, 4.69) is 22.4 Å². The first kappa shape index (κ1) is 12.2. The Hall–Kier alpha value is -1.81. The van der Waals surface area contributed by atoms with Gasteiger partial charge in [0.05, 0.1) is 0 Å². The zero-order valence-corrected chi connectivity index (χ0v) is 11.3. The van der Waals surface area contributed by atoms with E-state index in [4.69, 9.17) is 0 Å². The van der Waals surface area contributed by atoms with Gasteiger partial charge < -0.3 is 10.0 Å². The van der Waals surface area contributed by atoms with Crippen LogP contribution in [0.1, 0.15) is 16.4 Å². The summed E-state index contributed by atoms with van der Waals surface area (Å²) in [4.78, 5) is 14.9. The SMILES string of the molecule is O=C(O)C1CN(CCc2cccs2)c2ccccc21. The molecule has 1 aromatic carbocycles. The van der Waals surface area contributed by atoms with Gasteiger partial charge in [0.25, 0.3) is 0 Å². The Labute approximate surface area is 116 Å². The average molecular weight is 273 g/mol. The third-order valence-electron chi connectivity index (χ3n) is 3.56. The molecule has 4 heteroatoms. The van der Waals surface area contributed by atoms with Crippen LogP contribution in [-0.2, 0) is 11.2 Å². The highest BCUT2D eigenvalue weighted by atomic mass is 32.1. The van der Waals surface area contributed by atoms with Gasteiger partial charge in [-0.05, 0) is 29.5 Å². The molecule has 0 radical (unpaired) electrons. The second-order valence-electron chi connectivity index (χ2n) is 4.73. The zero-order valence-electron chi connectivity index (χ0n) is 10.5. The fraction of sp³-hybridized carbons (Fsp3) is 0.267. The second-order valence-corrected chi connectivity index (χ2v) is 5.76. The lowest BCUT2D eigenvalue weighted by Crippen LogP contribution is -2.26. The van der Waals surface area contributed by atoms with Crippen LogP contribution in [0.25, 0.3) is 0 Å². The molecule has 2 aromatic rings. The molecule has 0 spiro atoms. The van der Waals surface area contributed by atoms with E-state index in [9.17, 15) is 9.90 Å². The normalized spacial score (nSPS) is 17.5. The predicted molar refractivity (Wildman–Crippen MR) is 77.1 cm³/mol. The largest absolute Gasteiger partial charge is 0.481 e. The van der Waals surface area contributed by atoms with Gasteiger partial charge in [0.15, 0.2) is 0 Å². The number of thiophene rings is 1. The number of hydrogen-bond acceptors (Lipinski definition) is 3. The number of para-hydroxylation sites is 1. The fourth-order valence-corrected chi connectivity index (χ4v) is 3.31. The number of anilines is 1. The van der Waals surface area contributed by atoms with Crippen molar-refractivity contribution in [3.63, 3.8) is 0 Å². The van der Waals surface area contributed by atoms with E-state index in [0.717, 1.165) is 24.2 Å². The van der Waals surface area contributed by atoms with Gasteiger partial charge in [-0.3, -0.25) is 4.79 Å². The van der Waals surface area contributed by atoms with E-state index in [0.29, 0.717) is 6.54 Å². The van der Waals surface area contributed by atoms with Crippen molar-refractivity contribution < 1.29 is 9.90 Å². The van der Waals surface area contributed by atoms with Crippen molar-refractivity contribution in [3.05, 3.63) is 52.2 Å². The molecule has 19 heavy (non-hydrogen) atoms. The van der Waals surface area contributed by atoms with Crippen LogP contribution >= 0.6 is 11.3 Å². The summed E-state index contributed by atoms with van der Waals surface area (Å²) in [5.41, 5.74) is 2.02. The van der Waals surface area contributed by atoms with Crippen LogP contribution in [0.15, 0.2) is 41.8 Å². The standard InChI is InChI=1S/C15H15NO2S/c17-15(18)13-10-16(8-7-11-4-3-9-19-11)14-6-2-1-5-12(13)14/h1-6,9,13H,7-8,10H2,(H,17,18). The molecule has 0 saturated heterocycles. The number of fused-ring (bicyclic) bond motifs is 1. The van der Waals surface area contributed by atoms with Crippen molar-refractivity contribution in [1.29, 1.82) is 0 Å². The van der Waals surface area contributed by atoms with Gasteiger partial charge in [-0.15, -0.1) is 11.3 Å². The van der Waals surface area contributed by atoms with Gasteiger partial charge in [-0.1, -0.05) is 24.3 Å². The second kappa shape index (κ2) is 5.05. The summed E-state index contributed by atoms with van der Waals surface area (Å²) in [7, 11) is 0. The van der Waals surface area contributed by atoms with Crippen LogP contribution in [-0.4, -0.2) is 24.2 Å². The molecular formula is C15H15NO2S. The summed E-state index contributed by atoms with van der Waals surface area (Å²) in [6.45, 7) is 1.46. The topological polar surface area (TPSA) is 40.5 Å². The van der Waals surface area contributed by atoms with Gasteiger partial charge in [0, 0.05) is 23.7 Å². The molecule has 98 valence electrons. The molecule has 3 rings (SSSR count).